The Labute approximate surface area is 155 Å². The van der Waals surface area contributed by atoms with Crippen molar-refractivity contribution < 1.29 is 24.6 Å². The van der Waals surface area contributed by atoms with E-state index in [1.807, 2.05) is 6.92 Å². The molecular formula is C16H24N4O5S. The van der Waals surface area contributed by atoms with Crippen molar-refractivity contribution in [2.75, 3.05) is 18.0 Å². The van der Waals surface area contributed by atoms with E-state index in [4.69, 9.17) is 9.90 Å². The van der Waals surface area contributed by atoms with Crippen molar-refractivity contribution >= 4 is 34.8 Å². The molecule has 26 heavy (non-hydrogen) atoms. The summed E-state index contributed by atoms with van der Waals surface area (Å²) < 4.78 is 0. The topological polar surface area (TPSA) is 133 Å². The summed E-state index contributed by atoms with van der Waals surface area (Å²) in [7, 11) is 0. The number of carboxylic acid groups (broad SMARTS) is 1. The lowest BCUT2D eigenvalue weighted by molar-refractivity contribution is -0.127. The Balaban J connectivity index is 0.000000758. The number of hydrogen-bond acceptors (Lipinski definition) is 7. The van der Waals surface area contributed by atoms with Gasteiger partial charge in [-0.3, -0.25) is 19.3 Å². The normalized spacial score (nSPS) is 21.7. The molecule has 2 fully saturated rings. The maximum Gasteiger partial charge on any atom is 0.290 e. The van der Waals surface area contributed by atoms with Gasteiger partial charge in [0, 0.05) is 19.5 Å². The maximum atomic E-state index is 12.3. The number of aromatic nitrogens is 2. The minimum Gasteiger partial charge on any atom is -0.483 e. The molecule has 0 aromatic carbocycles. The second-order valence-electron chi connectivity index (χ2n) is 6.62. The second kappa shape index (κ2) is 9.04. The van der Waals surface area contributed by atoms with E-state index in [0.717, 1.165) is 37.1 Å². The Morgan fingerprint density at radius 3 is 2.62 bits per heavy atom. The van der Waals surface area contributed by atoms with Gasteiger partial charge in [-0.15, -0.1) is 10.2 Å². The van der Waals surface area contributed by atoms with Gasteiger partial charge in [0.15, 0.2) is 0 Å². The van der Waals surface area contributed by atoms with Crippen LogP contribution in [-0.2, 0) is 14.4 Å². The van der Waals surface area contributed by atoms with Gasteiger partial charge in [0.05, 0.1) is 11.5 Å². The van der Waals surface area contributed by atoms with Crippen LogP contribution < -0.4 is 10.2 Å². The Hall–Kier alpha value is -2.07. The lowest BCUT2D eigenvalue weighted by Crippen LogP contribution is -2.46. The van der Waals surface area contributed by atoms with Crippen LogP contribution in [0.3, 0.4) is 0 Å². The molecule has 1 aromatic rings. The standard InChI is InChI=1S/C15H22N4O3S.CH2O2/c1-10-17-18-14(23-10)19-8-11(7-12(19)20)13(21)16-9-15(22)5-3-2-4-6-15;2-1-3/h11,22H,2-9H2,1H3,(H,16,21);1H,(H,2,3). The summed E-state index contributed by atoms with van der Waals surface area (Å²) >= 11 is 1.35. The van der Waals surface area contributed by atoms with E-state index in [2.05, 4.69) is 15.5 Å². The van der Waals surface area contributed by atoms with E-state index in [1.165, 1.54) is 16.2 Å². The van der Waals surface area contributed by atoms with Crippen molar-refractivity contribution in [3.63, 3.8) is 0 Å². The lowest BCUT2D eigenvalue weighted by atomic mass is 9.85. The SMILES string of the molecule is Cc1nnc(N2CC(C(=O)NCC3(O)CCCCC3)CC2=O)s1.O=CO. The molecule has 3 rings (SSSR count). The van der Waals surface area contributed by atoms with Crippen LogP contribution in [0.1, 0.15) is 43.5 Å². The third-order valence-electron chi connectivity index (χ3n) is 4.62. The Bertz CT molecular complexity index is 644. The van der Waals surface area contributed by atoms with Crippen molar-refractivity contribution in [1.82, 2.24) is 15.5 Å². The highest BCUT2D eigenvalue weighted by molar-refractivity contribution is 7.15. The average molecular weight is 384 g/mol. The van der Waals surface area contributed by atoms with Crippen LogP contribution in [0.2, 0.25) is 0 Å². The molecule has 1 aliphatic heterocycles. The van der Waals surface area contributed by atoms with Gasteiger partial charge in [-0.25, -0.2) is 0 Å². The number of amides is 2. The summed E-state index contributed by atoms with van der Waals surface area (Å²) in [4.78, 5) is 34.3. The monoisotopic (exact) mass is 384 g/mol. The van der Waals surface area contributed by atoms with Crippen molar-refractivity contribution in [2.24, 2.45) is 5.92 Å². The zero-order valence-electron chi connectivity index (χ0n) is 14.7. The first-order chi connectivity index (χ1) is 12.4. The average Bonchev–Trinajstić information content (AvgIpc) is 3.20. The molecule has 3 N–H and O–H groups in total. The zero-order valence-corrected chi connectivity index (χ0v) is 15.5. The van der Waals surface area contributed by atoms with E-state index in [1.54, 1.807) is 0 Å². The minimum atomic E-state index is -0.785. The highest BCUT2D eigenvalue weighted by Gasteiger charge is 2.38. The number of aliphatic hydroxyl groups is 1. The number of rotatable bonds is 4. The predicted octanol–water partition coefficient (Wildman–Crippen LogP) is 0.712. The highest BCUT2D eigenvalue weighted by Crippen LogP contribution is 2.29. The fraction of sp³-hybridized carbons (Fsp3) is 0.688. The molecule has 1 unspecified atom stereocenters. The largest absolute Gasteiger partial charge is 0.483 e. The first-order valence-electron chi connectivity index (χ1n) is 8.57. The van der Waals surface area contributed by atoms with Crippen molar-refractivity contribution in [2.45, 2.75) is 51.0 Å². The highest BCUT2D eigenvalue weighted by atomic mass is 32.1. The fourth-order valence-corrected chi connectivity index (χ4v) is 3.96. The van der Waals surface area contributed by atoms with Crippen LogP contribution in [0, 0.1) is 12.8 Å². The molecule has 2 heterocycles. The van der Waals surface area contributed by atoms with Crippen LogP contribution in [0.25, 0.3) is 0 Å². The van der Waals surface area contributed by atoms with Crippen molar-refractivity contribution in [3.8, 4) is 0 Å². The zero-order chi connectivity index (χ0) is 19.2. The van der Waals surface area contributed by atoms with Gasteiger partial charge < -0.3 is 15.5 Å². The van der Waals surface area contributed by atoms with Gasteiger partial charge in [0.2, 0.25) is 16.9 Å². The van der Waals surface area contributed by atoms with Gasteiger partial charge in [0.1, 0.15) is 5.01 Å². The van der Waals surface area contributed by atoms with Gasteiger partial charge in [0.25, 0.3) is 6.47 Å². The Kier molecular flexibility index (Phi) is 7.04. The smallest absolute Gasteiger partial charge is 0.290 e. The van der Waals surface area contributed by atoms with Crippen LogP contribution in [0.15, 0.2) is 0 Å². The number of anilines is 1. The fourth-order valence-electron chi connectivity index (χ4n) is 3.25. The molecule has 1 aromatic heterocycles. The van der Waals surface area contributed by atoms with E-state index in [0.29, 0.717) is 11.7 Å². The Morgan fingerprint density at radius 1 is 1.38 bits per heavy atom. The van der Waals surface area contributed by atoms with Crippen LogP contribution in [0.4, 0.5) is 5.13 Å². The molecular weight excluding hydrogens is 360 g/mol. The molecule has 9 nitrogen and oxygen atoms in total. The maximum absolute atomic E-state index is 12.3. The van der Waals surface area contributed by atoms with E-state index in [-0.39, 0.29) is 37.2 Å². The lowest BCUT2D eigenvalue weighted by Gasteiger charge is -2.32. The molecule has 1 atom stereocenters. The van der Waals surface area contributed by atoms with E-state index < -0.39 is 5.60 Å². The quantitative estimate of drug-likeness (QED) is 0.651. The summed E-state index contributed by atoms with van der Waals surface area (Å²) in [6.07, 6.45) is 4.78. The van der Waals surface area contributed by atoms with E-state index >= 15 is 0 Å². The molecule has 0 radical (unpaired) electrons. The molecule has 1 aliphatic carbocycles. The molecule has 0 bridgehead atoms. The first kappa shape index (κ1) is 20.2. The Morgan fingerprint density at radius 2 is 2.04 bits per heavy atom. The number of carbonyl (C=O) groups is 3. The molecule has 2 aliphatic rings. The molecule has 144 valence electrons. The number of hydrogen-bond donors (Lipinski definition) is 3. The summed E-state index contributed by atoms with van der Waals surface area (Å²) in [5.41, 5.74) is -0.785. The van der Waals surface area contributed by atoms with Crippen LogP contribution in [-0.4, -0.2) is 57.4 Å². The molecule has 2 amide bonds. The number of nitrogens with one attached hydrogen (secondary N) is 1. The second-order valence-corrected chi connectivity index (χ2v) is 7.78. The van der Waals surface area contributed by atoms with Crippen LogP contribution >= 0.6 is 11.3 Å². The molecule has 1 saturated heterocycles. The minimum absolute atomic E-state index is 0.0994. The van der Waals surface area contributed by atoms with Crippen molar-refractivity contribution in [1.29, 1.82) is 0 Å². The third kappa shape index (κ3) is 5.21. The van der Waals surface area contributed by atoms with Gasteiger partial charge in [-0.05, 0) is 19.8 Å². The molecule has 1 saturated carbocycles. The van der Waals surface area contributed by atoms with Crippen molar-refractivity contribution in [3.05, 3.63) is 5.01 Å². The van der Waals surface area contributed by atoms with Gasteiger partial charge >= 0.3 is 0 Å². The first-order valence-corrected chi connectivity index (χ1v) is 9.38. The van der Waals surface area contributed by atoms with Gasteiger partial charge in [-0.1, -0.05) is 30.6 Å². The number of nitrogens with zero attached hydrogens (tertiary/aromatic N) is 3. The number of aryl methyl sites for hydroxylation is 1. The predicted molar refractivity (Wildman–Crippen MR) is 94.8 cm³/mol. The van der Waals surface area contributed by atoms with Gasteiger partial charge in [-0.2, -0.15) is 0 Å². The van der Waals surface area contributed by atoms with Crippen LogP contribution in [0.5, 0.6) is 0 Å². The summed E-state index contributed by atoms with van der Waals surface area (Å²) in [6, 6.07) is 0. The molecule has 0 spiro atoms. The summed E-state index contributed by atoms with van der Waals surface area (Å²) in [5.74, 6) is -0.655. The molecule has 10 heteroatoms. The van der Waals surface area contributed by atoms with E-state index in [9.17, 15) is 14.7 Å². The third-order valence-corrected chi connectivity index (χ3v) is 5.48. The summed E-state index contributed by atoms with van der Waals surface area (Å²) in [6.45, 7) is 2.18. The summed E-state index contributed by atoms with van der Waals surface area (Å²) in [5, 5.41) is 29.4. The number of carbonyl (C=O) groups excluding carboxylic acids is 2.